The number of furan rings is 1. The molecule has 130 valence electrons. The van der Waals surface area contributed by atoms with E-state index in [-0.39, 0.29) is 6.04 Å². The van der Waals surface area contributed by atoms with Crippen LogP contribution in [0, 0.1) is 3.57 Å². The van der Waals surface area contributed by atoms with Gasteiger partial charge in [0.25, 0.3) is 0 Å². The van der Waals surface area contributed by atoms with Crippen LogP contribution in [-0.2, 0) is 6.54 Å². The van der Waals surface area contributed by atoms with Crippen LogP contribution in [0.1, 0.15) is 29.4 Å². The number of halogens is 2. The lowest BCUT2D eigenvalue weighted by Crippen LogP contribution is -2.29. The predicted octanol–water partition coefficient (Wildman–Crippen LogP) is 5.52. The SMILES string of the molecule is N[C@H]1CC=CC[C@@H]1c1sc2c(NCc3ccco3)cc(Cl)nc2c1I. The molecule has 0 aliphatic heterocycles. The van der Waals surface area contributed by atoms with Crippen LogP contribution in [0.25, 0.3) is 10.2 Å². The molecule has 0 aromatic carbocycles. The van der Waals surface area contributed by atoms with Gasteiger partial charge in [0.1, 0.15) is 10.9 Å². The highest BCUT2D eigenvalue weighted by molar-refractivity contribution is 14.1. The molecule has 0 saturated carbocycles. The first-order valence-electron chi connectivity index (χ1n) is 8.08. The average molecular weight is 486 g/mol. The van der Waals surface area contributed by atoms with Crippen LogP contribution < -0.4 is 11.1 Å². The van der Waals surface area contributed by atoms with Gasteiger partial charge >= 0.3 is 0 Å². The molecule has 0 radical (unpaired) electrons. The van der Waals surface area contributed by atoms with Crippen molar-refractivity contribution >= 4 is 61.4 Å². The van der Waals surface area contributed by atoms with E-state index in [1.165, 1.54) is 4.88 Å². The van der Waals surface area contributed by atoms with Gasteiger partial charge in [0.05, 0.1) is 32.3 Å². The van der Waals surface area contributed by atoms with Crippen LogP contribution in [0.15, 0.2) is 41.0 Å². The Balaban J connectivity index is 1.73. The van der Waals surface area contributed by atoms with Gasteiger partial charge in [0.2, 0.25) is 0 Å². The van der Waals surface area contributed by atoms with Crippen LogP contribution in [0.5, 0.6) is 0 Å². The summed E-state index contributed by atoms with van der Waals surface area (Å²) in [5.41, 5.74) is 8.31. The Morgan fingerprint density at radius 1 is 1.40 bits per heavy atom. The topological polar surface area (TPSA) is 64.1 Å². The summed E-state index contributed by atoms with van der Waals surface area (Å²) in [5.74, 6) is 1.22. The van der Waals surface area contributed by atoms with Gasteiger partial charge in [0.15, 0.2) is 0 Å². The first kappa shape index (κ1) is 17.3. The number of pyridine rings is 1. The van der Waals surface area contributed by atoms with Gasteiger partial charge in [-0.15, -0.1) is 11.3 Å². The summed E-state index contributed by atoms with van der Waals surface area (Å²) in [4.78, 5) is 5.88. The first-order chi connectivity index (χ1) is 12.1. The van der Waals surface area contributed by atoms with E-state index < -0.39 is 0 Å². The maximum Gasteiger partial charge on any atom is 0.131 e. The van der Waals surface area contributed by atoms with E-state index in [9.17, 15) is 0 Å². The van der Waals surface area contributed by atoms with E-state index in [0.29, 0.717) is 17.6 Å². The second-order valence-electron chi connectivity index (χ2n) is 6.10. The zero-order valence-electron chi connectivity index (χ0n) is 13.3. The summed E-state index contributed by atoms with van der Waals surface area (Å²) in [6.45, 7) is 0.609. The molecular formula is C18H17ClIN3OS. The van der Waals surface area contributed by atoms with Crippen molar-refractivity contribution in [1.29, 1.82) is 0 Å². The van der Waals surface area contributed by atoms with E-state index in [1.54, 1.807) is 17.6 Å². The largest absolute Gasteiger partial charge is 0.467 e. The molecule has 0 saturated heterocycles. The number of nitrogens with one attached hydrogen (secondary N) is 1. The van der Waals surface area contributed by atoms with Gasteiger partial charge in [-0.1, -0.05) is 23.8 Å². The van der Waals surface area contributed by atoms with Crippen LogP contribution >= 0.6 is 45.5 Å². The number of fused-ring (bicyclic) bond motifs is 1. The Hall–Kier alpha value is -1.09. The second-order valence-corrected chi connectivity index (χ2v) is 8.61. The molecule has 25 heavy (non-hydrogen) atoms. The Bertz CT molecular complexity index is 922. The molecule has 1 aliphatic rings. The fourth-order valence-electron chi connectivity index (χ4n) is 3.13. The lowest BCUT2D eigenvalue weighted by molar-refractivity contribution is 0.518. The molecule has 4 rings (SSSR count). The zero-order chi connectivity index (χ0) is 17.4. The number of hydrogen-bond donors (Lipinski definition) is 2. The van der Waals surface area contributed by atoms with Crippen LogP contribution in [-0.4, -0.2) is 11.0 Å². The summed E-state index contributed by atoms with van der Waals surface area (Å²) < 4.78 is 7.69. The van der Waals surface area contributed by atoms with Gasteiger partial charge < -0.3 is 15.5 Å². The lowest BCUT2D eigenvalue weighted by Gasteiger charge is -2.24. The Morgan fingerprint density at radius 2 is 2.24 bits per heavy atom. The van der Waals surface area contributed by atoms with E-state index in [1.807, 2.05) is 18.2 Å². The molecule has 0 fully saturated rings. The highest BCUT2D eigenvalue weighted by atomic mass is 127. The minimum atomic E-state index is 0.154. The van der Waals surface area contributed by atoms with E-state index in [0.717, 1.165) is 38.1 Å². The van der Waals surface area contributed by atoms with Crippen LogP contribution in [0.3, 0.4) is 0 Å². The van der Waals surface area contributed by atoms with Crippen molar-refractivity contribution in [2.75, 3.05) is 5.32 Å². The maximum atomic E-state index is 6.37. The van der Waals surface area contributed by atoms with Crippen molar-refractivity contribution < 1.29 is 4.42 Å². The minimum Gasteiger partial charge on any atom is -0.467 e. The third-order valence-corrected chi connectivity index (χ3v) is 7.43. The van der Waals surface area contributed by atoms with Crippen molar-refractivity contribution in [3.8, 4) is 0 Å². The second kappa shape index (κ2) is 7.26. The third kappa shape index (κ3) is 3.45. The van der Waals surface area contributed by atoms with Crippen molar-refractivity contribution in [1.82, 2.24) is 4.98 Å². The monoisotopic (exact) mass is 485 g/mol. The highest BCUT2D eigenvalue weighted by Gasteiger charge is 2.27. The lowest BCUT2D eigenvalue weighted by atomic mass is 9.88. The molecule has 4 nitrogen and oxygen atoms in total. The molecule has 3 N–H and O–H groups in total. The van der Waals surface area contributed by atoms with Crippen molar-refractivity contribution in [2.45, 2.75) is 31.3 Å². The minimum absolute atomic E-state index is 0.154. The first-order valence-corrected chi connectivity index (χ1v) is 10.4. The van der Waals surface area contributed by atoms with Gasteiger partial charge in [-0.25, -0.2) is 4.98 Å². The van der Waals surface area contributed by atoms with Gasteiger partial charge in [-0.05, 0) is 47.6 Å². The molecular weight excluding hydrogens is 469 g/mol. The number of thiophene rings is 1. The summed E-state index contributed by atoms with van der Waals surface area (Å²) in [6, 6.07) is 5.87. The number of anilines is 1. The normalized spacial score (nSPS) is 20.3. The van der Waals surface area contributed by atoms with Gasteiger partial charge in [-0.3, -0.25) is 0 Å². The molecule has 0 unspecified atom stereocenters. The number of nitrogens with zero attached hydrogens (tertiary/aromatic N) is 1. The van der Waals surface area contributed by atoms with Crippen molar-refractivity contribution in [2.24, 2.45) is 5.73 Å². The fourth-order valence-corrected chi connectivity index (χ4v) is 5.94. The zero-order valence-corrected chi connectivity index (χ0v) is 17.1. The molecule has 0 amide bonds. The highest BCUT2D eigenvalue weighted by Crippen LogP contribution is 2.43. The number of nitrogens with two attached hydrogens (primary N) is 1. The molecule has 2 atom stereocenters. The number of rotatable bonds is 4. The van der Waals surface area contributed by atoms with E-state index in [4.69, 9.17) is 21.8 Å². The molecule has 7 heteroatoms. The average Bonchev–Trinajstić information content (AvgIpc) is 3.22. The fraction of sp³-hybridized carbons (Fsp3) is 0.278. The van der Waals surface area contributed by atoms with Gasteiger partial charge in [-0.2, -0.15) is 0 Å². The standard InChI is InChI=1S/C18H17ClIN3OS/c19-14-8-13(22-9-10-4-3-7-24-10)18-16(23-14)15(20)17(25-18)11-5-1-2-6-12(11)21/h1-4,7-8,11-12H,5-6,9,21H2,(H,22,23)/t11-,12-/m0/s1. The molecule has 3 heterocycles. The van der Waals surface area contributed by atoms with Crippen LogP contribution in [0.2, 0.25) is 5.15 Å². The maximum absolute atomic E-state index is 6.37. The molecule has 1 aliphatic carbocycles. The Labute approximate surface area is 168 Å². The van der Waals surface area contributed by atoms with Crippen molar-refractivity contribution in [3.63, 3.8) is 0 Å². The van der Waals surface area contributed by atoms with E-state index >= 15 is 0 Å². The summed E-state index contributed by atoms with van der Waals surface area (Å²) in [7, 11) is 0. The van der Waals surface area contributed by atoms with Crippen LogP contribution in [0.4, 0.5) is 5.69 Å². The third-order valence-electron chi connectivity index (χ3n) is 4.43. The number of allylic oxidation sites excluding steroid dienone is 1. The molecule has 3 aromatic heterocycles. The summed E-state index contributed by atoms with van der Waals surface area (Å²) in [6.07, 6.45) is 7.98. The predicted molar refractivity (Wildman–Crippen MR) is 112 cm³/mol. The Kier molecular flexibility index (Phi) is 5.04. The van der Waals surface area contributed by atoms with Gasteiger partial charge in [0, 0.05) is 22.9 Å². The molecule has 0 bridgehead atoms. The van der Waals surface area contributed by atoms with Crippen molar-refractivity contribution in [3.05, 3.63) is 56.0 Å². The summed E-state index contributed by atoms with van der Waals surface area (Å²) >= 11 is 10.4. The number of hydrogen-bond acceptors (Lipinski definition) is 5. The molecule has 3 aromatic rings. The van der Waals surface area contributed by atoms with E-state index in [2.05, 4.69) is 45.0 Å². The Morgan fingerprint density at radius 3 is 3.00 bits per heavy atom. The number of aromatic nitrogens is 1. The molecule has 0 spiro atoms. The summed E-state index contributed by atoms with van der Waals surface area (Å²) in [5, 5.41) is 3.92. The smallest absolute Gasteiger partial charge is 0.131 e. The quantitative estimate of drug-likeness (QED) is 0.290.